The van der Waals surface area contributed by atoms with Crippen LogP contribution in [-0.2, 0) is 4.74 Å². The Labute approximate surface area is 200 Å². The quantitative estimate of drug-likeness (QED) is 0.273. The Morgan fingerprint density at radius 2 is 1.88 bits per heavy atom. The first kappa shape index (κ1) is 21.8. The summed E-state index contributed by atoms with van der Waals surface area (Å²) in [5.74, 6) is 0.978. The van der Waals surface area contributed by atoms with Crippen LogP contribution >= 0.6 is 11.8 Å². The Kier molecular flexibility index (Phi) is 5.85. The van der Waals surface area contributed by atoms with Crippen molar-refractivity contribution in [3.63, 3.8) is 0 Å². The summed E-state index contributed by atoms with van der Waals surface area (Å²) >= 11 is 1.65. The first-order valence-corrected chi connectivity index (χ1v) is 12.0. The molecular weight excluding hydrogens is 448 g/mol. The number of para-hydroxylation sites is 1. The van der Waals surface area contributed by atoms with Crippen LogP contribution in [0.5, 0.6) is 0 Å². The third-order valence-electron chi connectivity index (χ3n) is 5.59. The molecule has 3 aromatic carbocycles. The van der Waals surface area contributed by atoms with E-state index in [1.165, 1.54) is 0 Å². The molecular formula is C25H22N6O2S. The highest BCUT2D eigenvalue weighted by Gasteiger charge is 2.20. The standard InChI is InChI=1S/C25H22N6O2S/c1-4-33-25(32)20-10-7-11-21-23(20)31(15(2)26-21)16-12-13-18(22(14-16)34-3)17-8-5-6-9-19(17)24-27-29-30-28-24/h5-14H,4H2,1-3H3,(H,27,28,29,30). The molecule has 0 bridgehead atoms. The summed E-state index contributed by atoms with van der Waals surface area (Å²) in [6.45, 7) is 4.05. The van der Waals surface area contributed by atoms with Gasteiger partial charge >= 0.3 is 5.97 Å². The second-order valence-electron chi connectivity index (χ2n) is 7.55. The van der Waals surface area contributed by atoms with Crippen LogP contribution in [0.15, 0.2) is 65.6 Å². The SMILES string of the molecule is CCOC(=O)c1cccc2nc(C)n(-c3ccc(-c4ccccc4-c4nn[nH]n4)c(SC)c3)c12. The Morgan fingerprint density at radius 3 is 2.62 bits per heavy atom. The molecule has 0 aliphatic carbocycles. The van der Waals surface area contributed by atoms with Crippen molar-refractivity contribution >= 4 is 28.8 Å². The fourth-order valence-electron chi connectivity index (χ4n) is 4.16. The molecule has 5 aromatic rings. The molecule has 2 aromatic heterocycles. The number of fused-ring (bicyclic) bond motifs is 1. The van der Waals surface area contributed by atoms with Crippen molar-refractivity contribution < 1.29 is 9.53 Å². The normalized spacial score (nSPS) is 11.1. The summed E-state index contributed by atoms with van der Waals surface area (Å²) in [5, 5.41) is 14.6. The topological polar surface area (TPSA) is 98.6 Å². The molecule has 0 saturated heterocycles. The van der Waals surface area contributed by atoms with Gasteiger partial charge in [-0.15, -0.1) is 22.0 Å². The minimum Gasteiger partial charge on any atom is -0.462 e. The number of hydrogen-bond acceptors (Lipinski definition) is 7. The number of esters is 1. The van der Waals surface area contributed by atoms with Gasteiger partial charge in [0.05, 0.1) is 23.2 Å². The van der Waals surface area contributed by atoms with Crippen molar-refractivity contribution in [2.75, 3.05) is 12.9 Å². The van der Waals surface area contributed by atoms with Gasteiger partial charge in [-0.3, -0.25) is 4.57 Å². The van der Waals surface area contributed by atoms with Crippen LogP contribution < -0.4 is 0 Å². The van der Waals surface area contributed by atoms with Gasteiger partial charge in [-0.1, -0.05) is 36.4 Å². The van der Waals surface area contributed by atoms with Gasteiger partial charge in [-0.2, -0.15) is 5.21 Å². The van der Waals surface area contributed by atoms with Crippen molar-refractivity contribution in [1.29, 1.82) is 0 Å². The fourth-order valence-corrected chi connectivity index (χ4v) is 4.80. The number of tetrazole rings is 1. The van der Waals surface area contributed by atoms with E-state index in [-0.39, 0.29) is 5.97 Å². The maximum atomic E-state index is 12.7. The van der Waals surface area contributed by atoms with Crippen molar-refractivity contribution in [2.24, 2.45) is 0 Å². The molecule has 170 valence electrons. The molecule has 5 rings (SSSR count). The van der Waals surface area contributed by atoms with Crippen LogP contribution in [0.25, 0.3) is 39.2 Å². The number of nitrogens with zero attached hydrogens (tertiary/aromatic N) is 5. The average molecular weight is 471 g/mol. The van der Waals surface area contributed by atoms with Crippen LogP contribution in [0.4, 0.5) is 0 Å². The van der Waals surface area contributed by atoms with Gasteiger partial charge in [0.2, 0.25) is 5.82 Å². The van der Waals surface area contributed by atoms with Crippen LogP contribution in [0.2, 0.25) is 0 Å². The summed E-state index contributed by atoms with van der Waals surface area (Å²) in [7, 11) is 0. The Morgan fingerprint density at radius 1 is 1.06 bits per heavy atom. The fraction of sp³-hybridized carbons (Fsp3) is 0.160. The van der Waals surface area contributed by atoms with E-state index in [9.17, 15) is 4.79 Å². The maximum Gasteiger partial charge on any atom is 0.340 e. The van der Waals surface area contributed by atoms with Crippen molar-refractivity contribution in [3.05, 3.63) is 72.1 Å². The van der Waals surface area contributed by atoms with Crippen LogP contribution in [-0.4, -0.2) is 49.0 Å². The molecule has 8 nitrogen and oxygen atoms in total. The molecule has 0 saturated carbocycles. The molecule has 0 amide bonds. The zero-order chi connectivity index (χ0) is 23.7. The minimum absolute atomic E-state index is 0.313. The van der Waals surface area contributed by atoms with E-state index in [0.29, 0.717) is 18.0 Å². The van der Waals surface area contributed by atoms with Gasteiger partial charge in [-0.05, 0) is 60.7 Å². The average Bonchev–Trinajstić information content (AvgIpc) is 3.51. The van der Waals surface area contributed by atoms with E-state index < -0.39 is 0 Å². The molecule has 34 heavy (non-hydrogen) atoms. The maximum absolute atomic E-state index is 12.7. The van der Waals surface area contributed by atoms with Gasteiger partial charge in [0, 0.05) is 16.1 Å². The summed E-state index contributed by atoms with van der Waals surface area (Å²) in [5.41, 5.74) is 5.88. The molecule has 0 fully saturated rings. The number of imidazole rings is 1. The predicted molar refractivity (Wildman–Crippen MR) is 132 cm³/mol. The molecule has 0 spiro atoms. The summed E-state index contributed by atoms with van der Waals surface area (Å²) < 4.78 is 7.31. The third-order valence-corrected chi connectivity index (χ3v) is 6.36. The van der Waals surface area contributed by atoms with E-state index in [2.05, 4.69) is 38.8 Å². The first-order chi connectivity index (χ1) is 16.6. The molecule has 0 aliphatic heterocycles. The van der Waals surface area contributed by atoms with Crippen molar-refractivity contribution in [1.82, 2.24) is 30.2 Å². The summed E-state index contributed by atoms with van der Waals surface area (Å²) in [6.07, 6.45) is 2.04. The number of aromatic nitrogens is 6. The number of ether oxygens (including phenoxy) is 1. The number of thioether (sulfide) groups is 1. The van der Waals surface area contributed by atoms with Crippen molar-refractivity contribution in [3.8, 4) is 28.2 Å². The number of rotatable bonds is 6. The van der Waals surface area contributed by atoms with Gasteiger partial charge in [0.15, 0.2) is 0 Å². The lowest BCUT2D eigenvalue weighted by molar-refractivity contribution is 0.0528. The molecule has 0 atom stereocenters. The summed E-state index contributed by atoms with van der Waals surface area (Å²) in [6, 6.07) is 19.7. The zero-order valence-electron chi connectivity index (χ0n) is 18.9. The molecule has 0 radical (unpaired) electrons. The second kappa shape index (κ2) is 9.11. The Hall–Kier alpha value is -3.98. The number of carbonyl (C=O) groups excluding carboxylic acids is 1. The van der Waals surface area contributed by atoms with E-state index in [1.54, 1.807) is 24.8 Å². The van der Waals surface area contributed by atoms with Gasteiger partial charge in [0.25, 0.3) is 0 Å². The molecule has 2 heterocycles. The lowest BCUT2D eigenvalue weighted by atomic mass is 9.99. The zero-order valence-corrected chi connectivity index (χ0v) is 19.8. The lowest BCUT2D eigenvalue weighted by Gasteiger charge is -2.15. The third kappa shape index (κ3) is 3.73. The number of benzene rings is 3. The van der Waals surface area contributed by atoms with Gasteiger partial charge in [0.1, 0.15) is 5.82 Å². The minimum atomic E-state index is -0.356. The van der Waals surface area contributed by atoms with Crippen molar-refractivity contribution in [2.45, 2.75) is 18.7 Å². The van der Waals surface area contributed by atoms with E-state index in [0.717, 1.165) is 44.1 Å². The number of hydrogen-bond donors (Lipinski definition) is 1. The number of aromatic amines is 1. The molecule has 0 unspecified atom stereocenters. The van der Waals surface area contributed by atoms with Gasteiger partial charge in [-0.25, -0.2) is 9.78 Å². The first-order valence-electron chi connectivity index (χ1n) is 10.8. The second-order valence-corrected chi connectivity index (χ2v) is 8.40. The number of aryl methyl sites for hydroxylation is 1. The van der Waals surface area contributed by atoms with E-state index in [1.807, 2.05) is 54.1 Å². The smallest absolute Gasteiger partial charge is 0.340 e. The van der Waals surface area contributed by atoms with Crippen LogP contribution in [0.1, 0.15) is 23.1 Å². The monoisotopic (exact) mass is 470 g/mol. The summed E-state index contributed by atoms with van der Waals surface area (Å²) in [4.78, 5) is 18.4. The highest BCUT2D eigenvalue weighted by atomic mass is 32.2. The van der Waals surface area contributed by atoms with E-state index >= 15 is 0 Å². The van der Waals surface area contributed by atoms with Gasteiger partial charge < -0.3 is 4.74 Å². The van der Waals surface area contributed by atoms with E-state index in [4.69, 9.17) is 9.72 Å². The predicted octanol–water partition coefficient (Wildman–Crippen LogP) is 5.08. The highest BCUT2D eigenvalue weighted by Crippen LogP contribution is 2.38. The highest BCUT2D eigenvalue weighted by molar-refractivity contribution is 7.98. The van der Waals surface area contributed by atoms with Crippen LogP contribution in [0, 0.1) is 6.92 Å². The number of nitrogens with one attached hydrogen (secondary N) is 1. The number of carbonyl (C=O) groups is 1. The Bertz CT molecular complexity index is 1490. The lowest BCUT2D eigenvalue weighted by Crippen LogP contribution is -2.08. The largest absolute Gasteiger partial charge is 0.462 e. The molecule has 9 heteroatoms. The molecule has 1 N–H and O–H groups in total. The molecule has 0 aliphatic rings. The Balaban J connectivity index is 1.68. The van der Waals surface area contributed by atoms with Crippen LogP contribution in [0.3, 0.4) is 0 Å². The number of H-pyrrole nitrogens is 1.